The zero-order valence-electron chi connectivity index (χ0n) is 16.5. The van der Waals surface area contributed by atoms with Crippen LogP contribution in [0.4, 0.5) is 0 Å². The number of aromatic amines is 1. The highest BCUT2D eigenvalue weighted by Crippen LogP contribution is 2.44. The van der Waals surface area contributed by atoms with Crippen LogP contribution in [0.2, 0.25) is 0 Å². The summed E-state index contributed by atoms with van der Waals surface area (Å²) < 4.78 is 0. The van der Waals surface area contributed by atoms with E-state index < -0.39 is 0 Å². The summed E-state index contributed by atoms with van der Waals surface area (Å²) in [5.74, 6) is 3.74. The molecule has 0 amide bonds. The third kappa shape index (κ3) is 4.63. The van der Waals surface area contributed by atoms with Gasteiger partial charge in [0, 0.05) is 48.0 Å². The van der Waals surface area contributed by atoms with Gasteiger partial charge in [-0.1, -0.05) is 23.9 Å². The van der Waals surface area contributed by atoms with Crippen molar-refractivity contribution in [3.05, 3.63) is 47.8 Å². The summed E-state index contributed by atoms with van der Waals surface area (Å²) in [6.07, 6.45) is 5.56. The average molecular weight is 443 g/mol. The fourth-order valence-corrected chi connectivity index (χ4v) is 7.37. The van der Waals surface area contributed by atoms with Gasteiger partial charge in [-0.25, -0.2) is 4.98 Å². The lowest BCUT2D eigenvalue weighted by Crippen LogP contribution is -2.34. The molecule has 1 atom stereocenters. The van der Waals surface area contributed by atoms with Crippen LogP contribution in [0.25, 0.3) is 11.0 Å². The molecule has 0 bridgehead atoms. The Morgan fingerprint density at radius 3 is 2.97 bits per heavy atom. The van der Waals surface area contributed by atoms with Crippen LogP contribution < -0.4 is 0 Å². The number of hydrogen-bond acceptors (Lipinski definition) is 6. The monoisotopic (exact) mass is 442 g/mol. The van der Waals surface area contributed by atoms with Crippen LogP contribution in [0.15, 0.2) is 46.6 Å². The molecule has 4 nitrogen and oxygen atoms in total. The summed E-state index contributed by atoms with van der Waals surface area (Å²) in [7, 11) is 0. The second kappa shape index (κ2) is 9.33. The molecular formula is C22H26N4S3. The highest BCUT2D eigenvalue weighted by atomic mass is 32.2. The molecule has 29 heavy (non-hydrogen) atoms. The first-order valence-electron chi connectivity index (χ1n) is 10.4. The summed E-state index contributed by atoms with van der Waals surface area (Å²) in [6, 6.07) is 10.5. The van der Waals surface area contributed by atoms with Crippen molar-refractivity contribution in [2.75, 3.05) is 36.9 Å². The van der Waals surface area contributed by atoms with E-state index >= 15 is 0 Å². The normalized spacial score (nSPS) is 20.1. The smallest absolute Gasteiger partial charge is 0.167 e. The molecule has 1 aliphatic carbocycles. The van der Waals surface area contributed by atoms with Gasteiger partial charge in [0.15, 0.2) is 5.16 Å². The molecule has 1 aromatic carbocycles. The molecule has 2 aliphatic rings. The molecule has 0 radical (unpaired) electrons. The number of H-pyrrole nitrogens is 1. The van der Waals surface area contributed by atoms with Gasteiger partial charge in [0.25, 0.3) is 0 Å². The Balaban J connectivity index is 1.28. The molecule has 1 fully saturated rings. The zero-order valence-corrected chi connectivity index (χ0v) is 18.9. The van der Waals surface area contributed by atoms with Crippen molar-refractivity contribution < 1.29 is 0 Å². The Bertz CT molecular complexity index is 935. The molecule has 152 valence electrons. The van der Waals surface area contributed by atoms with Crippen LogP contribution in [0.1, 0.15) is 29.3 Å². The van der Waals surface area contributed by atoms with Crippen LogP contribution >= 0.6 is 35.3 Å². The Labute approximate surface area is 185 Å². The number of para-hydroxylation sites is 2. The number of aromatic nitrogens is 3. The van der Waals surface area contributed by atoms with Gasteiger partial charge in [-0.3, -0.25) is 4.98 Å². The number of nitrogens with zero attached hydrogens (tertiary/aromatic N) is 3. The van der Waals surface area contributed by atoms with E-state index in [4.69, 9.17) is 9.97 Å². The van der Waals surface area contributed by atoms with E-state index in [0.29, 0.717) is 5.25 Å². The summed E-state index contributed by atoms with van der Waals surface area (Å²) >= 11 is 5.94. The Hall–Kier alpha value is -1.15. The zero-order chi connectivity index (χ0) is 19.5. The number of benzene rings is 1. The van der Waals surface area contributed by atoms with Crippen LogP contribution in [-0.4, -0.2) is 56.7 Å². The number of rotatable bonds is 6. The van der Waals surface area contributed by atoms with Crippen molar-refractivity contribution in [2.24, 2.45) is 0 Å². The van der Waals surface area contributed by atoms with Crippen molar-refractivity contribution in [1.82, 2.24) is 19.9 Å². The first-order valence-corrected chi connectivity index (χ1v) is 13.4. The number of nitrogens with one attached hydrogen (secondary N) is 1. The second-order valence-electron chi connectivity index (χ2n) is 7.53. The van der Waals surface area contributed by atoms with E-state index in [9.17, 15) is 0 Å². The summed E-state index contributed by atoms with van der Waals surface area (Å²) in [5.41, 5.74) is 4.91. The first-order chi connectivity index (χ1) is 14.4. The molecule has 7 heteroatoms. The highest BCUT2D eigenvalue weighted by molar-refractivity contribution is 8.00. The Morgan fingerprint density at radius 1 is 1.17 bits per heavy atom. The van der Waals surface area contributed by atoms with Crippen molar-refractivity contribution in [3.63, 3.8) is 0 Å². The minimum Gasteiger partial charge on any atom is -0.333 e. The topological polar surface area (TPSA) is 44.8 Å². The van der Waals surface area contributed by atoms with E-state index in [1.54, 1.807) is 0 Å². The number of pyridine rings is 1. The van der Waals surface area contributed by atoms with E-state index in [0.717, 1.165) is 22.6 Å². The Morgan fingerprint density at radius 2 is 2.07 bits per heavy atom. The fraction of sp³-hybridized carbons (Fsp3) is 0.455. The Kier molecular flexibility index (Phi) is 6.37. The number of fused-ring (bicyclic) bond motifs is 2. The van der Waals surface area contributed by atoms with Gasteiger partial charge < -0.3 is 9.88 Å². The van der Waals surface area contributed by atoms with Gasteiger partial charge in [-0.15, -0.1) is 11.8 Å². The average Bonchev–Trinajstić information content (AvgIpc) is 3.17. The molecule has 0 spiro atoms. The molecule has 5 rings (SSSR count). The third-order valence-corrected chi connectivity index (χ3v) is 8.82. The van der Waals surface area contributed by atoms with Crippen molar-refractivity contribution in [1.29, 1.82) is 0 Å². The van der Waals surface area contributed by atoms with Gasteiger partial charge in [-0.05, 0) is 43.0 Å². The predicted molar refractivity (Wildman–Crippen MR) is 126 cm³/mol. The molecular weight excluding hydrogens is 416 g/mol. The summed E-state index contributed by atoms with van der Waals surface area (Å²) in [4.78, 5) is 17.1. The molecule has 1 aliphatic heterocycles. The van der Waals surface area contributed by atoms with Gasteiger partial charge in [0.1, 0.15) is 0 Å². The van der Waals surface area contributed by atoms with Crippen LogP contribution in [0.5, 0.6) is 0 Å². The van der Waals surface area contributed by atoms with E-state index in [2.05, 4.69) is 45.9 Å². The van der Waals surface area contributed by atoms with E-state index in [1.807, 2.05) is 35.8 Å². The number of thioether (sulfide) groups is 3. The minimum atomic E-state index is 0.388. The maximum absolute atomic E-state index is 4.82. The number of hydrogen-bond donors (Lipinski definition) is 1. The van der Waals surface area contributed by atoms with Crippen LogP contribution in [0.3, 0.4) is 0 Å². The predicted octanol–water partition coefficient (Wildman–Crippen LogP) is 5.27. The largest absolute Gasteiger partial charge is 0.333 e. The molecule has 2 aromatic heterocycles. The molecule has 3 aromatic rings. The van der Waals surface area contributed by atoms with E-state index in [1.165, 1.54) is 65.9 Å². The fourth-order valence-electron chi connectivity index (χ4n) is 4.10. The lowest BCUT2D eigenvalue weighted by Gasteiger charge is -2.27. The standard InChI is InChI=1S/C22H26N4S3/c1-2-6-18-17(5-1)24-22(25-18)29-20-7-3-4-16-19(8-9-23-21(16)20)28-15-12-26-10-13-27-14-11-26/h1-2,5-6,8-9,20H,3-4,7,10-15H2,(H,24,25). The maximum atomic E-state index is 4.82. The van der Waals surface area contributed by atoms with Crippen molar-refractivity contribution in [3.8, 4) is 0 Å². The molecule has 1 N–H and O–H groups in total. The van der Waals surface area contributed by atoms with E-state index in [-0.39, 0.29) is 0 Å². The number of imidazole rings is 1. The molecule has 1 unspecified atom stereocenters. The SMILES string of the molecule is c1ccc2[nH]c(SC3CCCc4c(SCCN5CCSCC5)ccnc43)nc2c1. The maximum Gasteiger partial charge on any atom is 0.167 e. The summed E-state index contributed by atoms with van der Waals surface area (Å²) in [6.45, 7) is 3.69. The van der Waals surface area contributed by atoms with Gasteiger partial charge in [-0.2, -0.15) is 11.8 Å². The van der Waals surface area contributed by atoms with Gasteiger partial charge in [0.05, 0.1) is 22.0 Å². The lowest BCUT2D eigenvalue weighted by atomic mass is 9.96. The highest BCUT2D eigenvalue weighted by Gasteiger charge is 2.26. The van der Waals surface area contributed by atoms with Crippen molar-refractivity contribution >= 4 is 46.3 Å². The summed E-state index contributed by atoms with van der Waals surface area (Å²) in [5, 5.41) is 1.39. The van der Waals surface area contributed by atoms with Crippen LogP contribution in [0, 0.1) is 0 Å². The minimum absolute atomic E-state index is 0.388. The third-order valence-electron chi connectivity index (χ3n) is 5.63. The van der Waals surface area contributed by atoms with Gasteiger partial charge in [0.2, 0.25) is 0 Å². The lowest BCUT2D eigenvalue weighted by molar-refractivity contribution is 0.322. The molecule has 3 heterocycles. The first kappa shape index (κ1) is 19.8. The molecule has 0 saturated carbocycles. The van der Waals surface area contributed by atoms with Crippen LogP contribution in [-0.2, 0) is 6.42 Å². The molecule has 1 saturated heterocycles. The second-order valence-corrected chi connectivity index (χ2v) is 11.1. The quantitative estimate of drug-likeness (QED) is 0.525. The van der Waals surface area contributed by atoms with Gasteiger partial charge >= 0.3 is 0 Å². The van der Waals surface area contributed by atoms with Crippen molar-refractivity contribution in [2.45, 2.75) is 34.6 Å².